The molecule has 1 aliphatic heterocycles. The Morgan fingerprint density at radius 1 is 1.57 bits per heavy atom. The van der Waals surface area contributed by atoms with E-state index < -0.39 is 5.97 Å². The van der Waals surface area contributed by atoms with Crippen molar-refractivity contribution in [2.45, 2.75) is 39.2 Å². The smallest absolute Gasteiger partial charge is 0.303 e. The van der Waals surface area contributed by atoms with E-state index in [2.05, 4.69) is 25.8 Å². The molecule has 0 aromatic carbocycles. The summed E-state index contributed by atoms with van der Waals surface area (Å²) in [7, 11) is 2.11. The highest BCUT2D eigenvalue weighted by Gasteiger charge is 2.33. The lowest BCUT2D eigenvalue weighted by Crippen LogP contribution is -2.31. The molecule has 0 bridgehead atoms. The fourth-order valence-corrected chi connectivity index (χ4v) is 2.41. The molecule has 3 nitrogen and oxygen atoms in total. The van der Waals surface area contributed by atoms with Crippen molar-refractivity contribution in [2.24, 2.45) is 11.8 Å². The van der Waals surface area contributed by atoms with Crippen LogP contribution >= 0.6 is 0 Å². The summed E-state index contributed by atoms with van der Waals surface area (Å²) in [6.07, 6.45) is 2.50. The van der Waals surface area contributed by atoms with E-state index in [9.17, 15) is 4.79 Å². The van der Waals surface area contributed by atoms with E-state index in [1.807, 2.05) is 0 Å². The molecule has 1 saturated heterocycles. The third-order valence-electron chi connectivity index (χ3n) is 3.11. The molecule has 3 heteroatoms. The van der Waals surface area contributed by atoms with E-state index in [1.165, 1.54) is 0 Å². The lowest BCUT2D eigenvalue weighted by atomic mass is 9.90. The number of likely N-dealkylation sites (tertiary alicyclic amines) is 1. The van der Waals surface area contributed by atoms with Gasteiger partial charge >= 0.3 is 5.97 Å². The number of carbonyl (C=O) groups is 1. The van der Waals surface area contributed by atoms with Crippen LogP contribution < -0.4 is 0 Å². The normalized spacial score (nSPS) is 28.6. The van der Waals surface area contributed by atoms with Gasteiger partial charge in [0.1, 0.15) is 0 Å². The third-order valence-corrected chi connectivity index (χ3v) is 3.11. The van der Waals surface area contributed by atoms with E-state index in [0.717, 1.165) is 19.4 Å². The van der Waals surface area contributed by atoms with Crippen LogP contribution in [0, 0.1) is 11.8 Å². The average Bonchev–Trinajstić information content (AvgIpc) is 2.34. The average molecular weight is 199 g/mol. The fourth-order valence-electron chi connectivity index (χ4n) is 2.41. The van der Waals surface area contributed by atoms with Crippen LogP contribution in [0.3, 0.4) is 0 Å². The fraction of sp³-hybridized carbons (Fsp3) is 0.909. The highest BCUT2D eigenvalue weighted by molar-refractivity contribution is 5.67. The minimum absolute atomic E-state index is 0.335. The third kappa shape index (κ3) is 2.98. The van der Waals surface area contributed by atoms with Gasteiger partial charge in [-0.2, -0.15) is 0 Å². The van der Waals surface area contributed by atoms with Gasteiger partial charge in [0.2, 0.25) is 0 Å². The van der Waals surface area contributed by atoms with Gasteiger partial charge in [-0.3, -0.25) is 4.79 Å². The zero-order chi connectivity index (χ0) is 10.7. The largest absolute Gasteiger partial charge is 0.481 e. The van der Waals surface area contributed by atoms with Gasteiger partial charge in [0.05, 0.1) is 0 Å². The maximum atomic E-state index is 10.7. The molecule has 1 fully saturated rings. The second-order valence-electron chi connectivity index (χ2n) is 4.82. The second kappa shape index (κ2) is 4.78. The molecule has 1 aliphatic rings. The molecule has 1 heterocycles. The van der Waals surface area contributed by atoms with Gasteiger partial charge in [-0.25, -0.2) is 0 Å². The lowest BCUT2D eigenvalue weighted by Gasteiger charge is -2.25. The molecular formula is C11H21NO2. The molecule has 0 aromatic heterocycles. The predicted octanol–water partition coefficient (Wildman–Crippen LogP) is 1.83. The van der Waals surface area contributed by atoms with Gasteiger partial charge in [0.15, 0.2) is 0 Å². The summed E-state index contributed by atoms with van der Waals surface area (Å²) >= 11 is 0. The van der Waals surface area contributed by atoms with Gasteiger partial charge < -0.3 is 10.0 Å². The van der Waals surface area contributed by atoms with Crippen LogP contribution in [-0.4, -0.2) is 35.6 Å². The van der Waals surface area contributed by atoms with E-state index in [-0.39, 0.29) is 0 Å². The minimum Gasteiger partial charge on any atom is -0.481 e. The Bertz CT molecular complexity index is 203. The summed E-state index contributed by atoms with van der Waals surface area (Å²) in [4.78, 5) is 13.0. The van der Waals surface area contributed by atoms with Crippen molar-refractivity contribution in [3.8, 4) is 0 Å². The molecule has 0 unspecified atom stereocenters. The van der Waals surface area contributed by atoms with Crippen LogP contribution in [-0.2, 0) is 4.79 Å². The molecule has 0 saturated carbocycles. The maximum absolute atomic E-state index is 10.7. The summed E-state index contributed by atoms with van der Waals surface area (Å²) in [6.45, 7) is 5.45. The Balaban J connectivity index is 2.52. The summed E-state index contributed by atoms with van der Waals surface area (Å²) < 4.78 is 0. The summed E-state index contributed by atoms with van der Waals surface area (Å²) in [6, 6.07) is 0.478. The predicted molar refractivity (Wildman–Crippen MR) is 56.2 cm³/mol. The van der Waals surface area contributed by atoms with Crippen LogP contribution in [0.5, 0.6) is 0 Å². The maximum Gasteiger partial charge on any atom is 0.303 e. The zero-order valence-corrected chi connectivity index (χ0v) is 9.36. The number of carboxylic acid groups (broad SMARTS) is 1. The Hall–Kier alpha value is -0.570. The SMILES string of the molecule is CC(C)C[C@@H]1[C@@H](CC(=O)O)CCN1C. The quantitative estimate of drug-likeness (QED) is 0.751. The van der Waals surface area contributed by atoms with E-state index >= 15 is 0 Å². The summed E-state index contributed by atoms with van der Waals surface area (Å²) in [5.41, 5.74) is 0. The molecule has 82 valence electrons. The van der Waals surface area contributed by atoms with Crippen molar-refractivity contribution in [1.29, 1.82) is 0 Å². The standard InChI is InChI=1S/C11H21NO2/c1-8(2)6-10-9(7-11(13)14)4-5-12(10)3/h8-10H,4-7H2,1-3H3,(H,13,14)/t9-,10-/m1/s1. The van der Waals surface area contributed by atoms with Crippen molar-refractivity contribution in [3.05, 3.63) is 0 Å². The molecule has 1 N–H and O–H groups in total. The molecule has 0 amide bonds. The Kier molecular flexibility index (Phi) is 3.93. The van der Waals surface area contributed by atoms with Crippen LogP contribution in [0.1, 0.15) is 33.1 Å². The van der Waals surface area contributed by atoms with Gasteiger partial charge in [-0.05, 0) is 38.3 Å². The number of carboxylic acids is 1. The minimum atomic E-state index is -0.654. The zero-order valence-electron chi connectivity index (χ0n) is 9.36. The first-order valence-corrected chi connectivity index (χ1v) is 5.42. The Morgan fingerprint density at radius 3 is 2.71 bits per heavy atom. The van der Waals surface area contributed by atoms with Crippen LogP contribution in [0.25, 0.3) is 0 Å². The van der Waals surface area contributed by atoms with Crippen molar-refractivity contribution in [3.63, 3.8) is 0 Å². The van der Waals surface area contributed by atoms with Crippen LogP contribution in [0.4, 0.5) is 0 Å². The molecule has 0 aliphatic carbocycles. The Labute approximate surface area is 86.1 Å². The number of hydrogen-bond acceptors (Lipinski definition) is 2. The molecule has 14 heavy (non-hydrogen) atoms. The first-order valence-electron chi connectivity index (χ1n) is 5.42. The highest BCUT2D eigenvalue weighted by Crippen LogP contribution is 2.30. The topological polar surface area (TPSA) is 40.5 Å². The highest BCUT2D eigenvalue weighted by atomic mass is 16.4. The van der Waals surface area contributed by atoms with E-state index in [0.29, 0.717) is 24.3 Å². The van der Waals surface area contributed by atoms with Crippen molar-refractivity contribution in [1.82, 2.24) is 4.90 Å². The van der Waals surface area contributed by atoms with E-state index in [4.69, 9.17) is 5.11 Å². The van der Waals surface area contributed by atoms with Crippen molar-refractivity contribution >= 4 is 5.97 Å². The van der Waals surface area contributed by atoms with Crippen LogP contribution in [0.15, 0.2) is 0 Å². The monoisotopic (exact) mass is 199 g/mol. The number of aliphatic carboxylic acids is 1. The molecule has 1 rings (SSSR count). The number of nitrogens with zero attached hydrogens (tertiary/aromatic N) is 1. The molecular weight excluding hydrogens is 178 g/mol. The van der Waals surface area contributed by atoms with Crippen LogP contribution in [0.2, 0.25) is 0 Å². The number of rotatable bonds is 4. The summed E-state index contributed by atoms with van der Waals surface area (Å²) in [5, 5.41) is 8.79. The molecule has 2 atom stereocenters. The first kappa shape index (κ1) is 11.5. The second-order valence-corrected chi connectivity index (χ2v) is 4.82. The van der Waals surface area contributed by atoms with Gasteiger partial charge in [0.25, 0.3) is 0 Å². The molecule has 0 spiro atoms. The first-order chi connectivity index (χ1) is 6.50. The molecule has 0 aromatic rings. The van der Waals surface area contributed by atoms with E-state index in [1.54, 1.807) is 0 Å². The lowest BCUT2D eigenvalue weighted by molar-refractivity contribution is -0.138. The van der Waals surface area contributed by atoms with Gasteiger partial charge in [0, 0.05) is 12.5 Å². The van der Waals surface area contributed by atoms with Crippen molar-refractivity contribution in [2.75, 3.05) is 13.6 Å². The van der Waals surface area contributed by atoms with Gasteiger partial charge in [-0.15, -0.1) is 0 Å². The Morgan fingerprint density at radius 2 is 2.21 bits per heavy atom. The summed E-state index contributed by atoms with van der Waals surface area (Å²) in [5.74, 6) is 0.357. The molecule has 0 radical (unpaired) electrons. The van der Waals surface area contributed by atoms with Crippen molar-refractivity contribution < 1.29 is 9.90 Å². The number of hydrogen-bond donors (Lipinski definition) is 1. The van der Waals surface area contributed by atoms with Gasteiger partial charge in [-0.1, -0.05) is 13.8 Å².